The predicted molar refractivity (Wildman–Crippen MR) is 56.3 cm³/mol. The van der Waals surface area contributed by atoms with Crippen molar-refractivity contribution in [3.05, 3.63) is 0 Å². The summed E-state index contributed by atoms with van der Waals surface area (Å²) in [5.41, 5.74) is 0. The van der Waals surface area contributed by atoms with Crippen LogP contribution in [0.4, 0.5) is 0 Å². The fraction of sp³-hybridized carbons (Fsp3) is 0.909. The van der Waals surface area contributed by atoms with Crippen molar-refractivity contribution in [2.24, 2.45) is 5.92 Å². The van der Waals surface area contributed by atoms with Crippen LogP contribution in [0.1, 0.15) is 26.7 Å². The number of nitrogens with zero attached hydrogens (tertiary/aromatic N) is 1. The van der Waals surface area contributed by atoms with E-state index >= 15 is 0 Å². The average Bonchev–Trinajstić information content (AvgIpc) is 2.99. The van der Waals surface area contributed by atoms with Crippen molar-refractivity contribution >= 4 is 5.78 Å². The van der Waals surface area contributed by atoms with Crippen LogP contribution in [0.5, 0.6) is 0 Å². The molecule has 0 saturated heterocycles. The molecule has 1 aliphatic carbocycles. The molecule has 0 amide bonds. The third-order valence-corrected chi connectivity index (χ3v) is 2.62. The summed E-state index contributed by atoms with van der Waals surface area (Å²) in [6.07, 6.45) is 2.23. The van der Waals surface area contributed by atoms with E-state index < -0.39 is 0 Å². The fourth-order valence-electron chi connectivity index (χ4n) is 1.44. The first-order valence-electron chi connectivity index (χ1n) is 5.60. The maximum absolute atomic E-state index is 11.5. The van der Waals surface area contributed by atoms with Gasteiger partial charge in [-0.15, -0.1) is 0 Å². The number of hydrogen-bond donors (Lipinski definition) is 0. The minimum atomic E-state index is 0.385. The Morgan fingerprint density at radius 3 is 2.64 bits per heavy atom. The zero-order valence-corrected chi connectivity index (χ0v) is 9.29. The van der Waals surface area contributed by atoms with Crippen LogP contribution < -0.4 is 0 Å². The van der Waals surface area contributed by atoms with Crippen LogP contribution in [0.25, 0.3) is 0 Å². The molecule has 0 heterocycles. The van der Waals surface area contributed by atoms with Crippen molar-refractivity contribution in [3.8, 4) is 0 Å². The van der Waals surface area contributed by atoms with E-state index in [1.165, 1.54) is 0 Å². The van der Waals surface area contributed by atoms with Crippen molar-refractivity contribution in [2.75, 3.05) is 32.8 Å². The summed E-state index contributed by atoms with van der Waals surface area (Å²) in [6.45, 7) is 8.01. The van der Waals surface area contributed by atoms with E-state index in [1.54, 1.807) is 0 Å². The fourth-order valence-corrected chi connectivity index (χ4v) is 1.44. The molecule has 0 unspecified atom stereocenters. The van der Waals surface area contributed by atoms with Gasteiger partial charge in [0.25, 0.3) is 0 Å². The molecule has 0 spiro atoms. The van der Waals surface area contributed by atoms with Gasteiger partial charge >= 0.3 is 0 Å². The van der Waals surface area contributed by atoms with E-state index in [0.717, 1.165) is 39.1 Å². The van der Waals surface area contributed by atoms with E-state index in [0.29, 0.717) is 18.2 Å². The van der Waals surface area contributed by atoms with Crippen LogP contribution in [0, 0.1) is 5.92 Å². The first kappa shape index (κ1) is 11.7. The van der Waals surface area contributed by atoms with Crippen LogP contribution in [0.2, 0.25) is 0 Å². The Bertz CT molecular complexity index is 178. The number of Topliss-reactive ketones (excluding diaryl/α,β-unsaturated/α-hetero) is 1. The highest BCUT2D eigenvalue weighted by Crippen LogP contribution is 2.29. The second-order valence-electron chi connectivity index (χ2n) is 3.81. The van der Waals surface area contributed by atoms with Gasteiger partial charge in [0.05, 0.1) is 13.2 Å². The maximum atomic E-state index is 11.5. The highest BCUT2D eigenvalue weighted by atomic mass is 16.5. The number of ether oxygens (including phenoxy) is 1. The second-order valence-corrected chi connectivity index (χ2v) is 3.81. The molecule has 1 aliphatic rings. The molecule has 82 valence electrons. The zero-order chi connectivity index (χ0) is 10.4. The van der Waals surface area contributed by atoms with Crippen LogP contribution in [-0.4, -0.2) is 43.5 Å². The summed E-state index contributed by atoms with van der Waals surface area (Å²) in [4.78, 5) is 13.7. The first-order chi connectivity index (χ1) is 6.77. The summed E-state index contributed by atoms with van der Waals surface area (Å²) in [7, 11) is 0. The largest absolute Gasteiger partial charge is 0.380 e. The highest BCUT2D eigenvalue weighted by molar-refractivity contribution is 5.84. The van der Waals surface area contributed by atoms with E-state index in [1.807, 2.05) is 6.92 Å². The van der Waals surface area contributed by atoms with Gasteiger partial charge in [-0.05, 0) is 26.3 Å². The van der Waals surface area contributed by atoms with E-state index in [4.69, 9.17) is 4.74 Å². The lowest BCUT2D eigenvalue weighted by Gasteiger charge is -2.18. The molecule has 1 rings (SSSR count). The normalized spacial score (nSPS) is 16.2. The molecule has 0 aromatic rings. The molecule has 1 fully saturated rings. The van der Waals surface area contributed by atoms with E-state index in [-0.39, 0.29) is 0 Å². The summed E-state index contributed by atoms with van der Waals surface area (Å²) < 4.78 is 5.27. The number of carbonyl (C=O) groups excluding carboxylic acids is 1. The summed E-state index contributed by atoms with van der Waals surface area (Å²) in [5.74, 6) is 0.805. The molecule has 1 saturated carbocycles. The number of likely N-dealkylation sites (N-methyl/N-ethyl adjacent to an activating group) is 1. The Labute approximate surface area is 86.4 Å². The standard InChI is InChI=1S/C11H21NO2/c1-3-12(7-8-14-4-2)9-11(13)10-5-6-10/h10H,3-9H2,1-2H3. The molecular weight excluding hydrogens is 178 g/mol. The van der Waals surface area contributed by atoms with E-state index in [2.05, 4.69) is 11.8 Å². The van der Waals surface area contributed by atoms with Crippen LogP contribution >= 0.6 is 0 Å². The van der Waals surface area contributed by atoms with Gasteiger partial charge in [0, 0.05) is 19.1 Å². The van der Waals surface area contributed by atoms with Crippen LogP contribution in [0.15, 0.2) is 0 Å². The van der Waals surface area contributed by atoms with Gasteiger partial charge in [0.1, 0.15) is 5.78 Å². The minimum absolute atomic E-state index is 0.385. The lowest BCUT2D eigenvalue weighted by molar-refractivity contribution is -0.121. The van der Waals surface area contributed by atoms with Crippen molar-refractivity contribution in [2.45, 2.75) is 26.7 Å². The highest BCUT2D eigenvalue weighted by Gasteiger charge is 2.29. The molecule has 0 aromatic heterocycles. The number of rotatable bonds is 8. The summed E-state index contributed by atoms with van der Waals surface area (Å²) >= 11 is 0. The minimum Gasteiger partial charge on any atom is -0.380 e. The average molecular weight is 199 g/mol. The monoisotopic (exact) mass is 199 g/mol. The lowest BCUT2D eigenvalue weighted by atomic mass is 10.2. The molecule has 3 heteroatoms. The SMILES string of the molecule is CCOCCN(CC)CC(=O)C1CC1. The van der Waals surface area contributed by atoms with Gasteiger partial charge in [-0.2, -0.15) is 0 Å². The van der Waals surface area contributed by atoms with Gasteiger partial charge in [-0.1, -0.05) is 6.92 Å². The molecule has 14 heavy (non-hydrogen) atoms. The van der Waals surface area contributed by atoms with Crippen molar-refractivity contribution < 1.29 is 9.53 Å². The summed E-state index contributed by atoms with van der Waals surface area (Å²) in [6, 6.07) is 0. The third kappa shape index (κ3) is 4.20. The Morgan fingerprint density at radius 2 is 2.14 bits per heavy atom. The van der Waals surface area contributed by atoms with Crippen molar-refractivity contribution in [1.29, 1.82) is 0 Å². The van der Waals surface area contributed by atoms with Gasteiger partial charge in [0.15, 0.2) is 0 Å². The topological polar surface area (TPSA) is 29.5 Å². The number of ketones is 1. The van der Waals surface area contributed by atoms with Crippen molar-refractivity contribution in [3.63, 3.8) is 0 Å². The third-order valence-electron chi connectivity index (χ3n) is 2.62. The zero-order valence-electron chi connectivity index (χ0n) is 9.29. The molecule has 0 atom stereocenters. The summed E-state index contributed by atoms with van der Waals surface area (Å²) in [5, 5.41) is 0. The molecule has 3 nitrogen and oxygen atoms in total. The Morgan fingerprint density at radius 1 is 1.43 bits per heavy atom. The molecular formula is C11H21NO2. The van der Waals surface area contributed by atoms with Gasteiger partial charge in [0.2, 0.25) is 0 Å². The maximum Gasteiger partial charge on any atom is 0.149 e. The molecule has 0 N–H and O–H groups in total. The van der Waals surface area contributed by atoms with Gasteiger partial charge in [-0.3, -0.25) is 9.69 Å². The van der Waals surface area contributed by atoms with Gasteiger partial charge in [-0.25, -0.2) is 0 Å². The Balaban J connectivity index is 2.13. The smallest absolute Gasteiger partial charge is 0.149 e. The van der Waals surface area contributed by atoms with Gasteiger partial charge < -0.3 is 4.74 Å². The Kier molecular flexibility index (Phi) is 5.12. The predicted octanol–water partition coefficient (Wildman–Crippen LogP) is 1.32. The molecule has 0 aromatic carbocycles. The molecule has 0 bridgehead atoms. The number of hydrogen-bond acceptors (Lipinski definition) is 3. The van der Waals surface area contributed by atoms with Crippen LogP contribution in [0.3, 0.4) is 0 Å². The first-order valence-corrected chi connectivity index (χ1v) is 5.60. The van der Waals surface area contributed by atoms with Crippen LogP contribution in [-0.2, 0) is 9.53 Å². The second kappa shape index (κ2) is 6.14. The number of carbonyl (C=O) groups is 1. The van der Waals surface area contributed by atoms with Crippen molar-refractivity contribution in [1.82, 2.24) is 4.90 Å². The Hall–Kier alpha value is -0.410. The molecule has 0 aliphatic heterocycles. The lowest BCUT2D eigenvalue weighted by Crippen LogP contribution is -2.33. The molecule has 0 radical (unpaired) electrons. The quantitative estimate of drug-likeness (QED) is 0.552. The van der Waals surface area contributed by atoms with E-state index in [9.17, 15) is 4.79 Å².